The van der Waals surface area contributed by atoms with Crippen molar-refractivity contribution in [3.8, 4) is 28.7 Å². The number of phenolic OH excluding ortho intramolecular Hbond substituents is 3. The minimum atomic E-state index is -0.872. The van der Waals surface area contributed by atoms with Crippen LogP contribution in [0.2, 0.25) is 0 Å². The van der Waals surface area contributed by atoms with Crippen LogP contribution in [0.4, 0.5) is 0 Å². The summed E-state index contributed by atoms with van der Waals surface area (Å²) < 4.78 is 10.5. The van der Waals surface area contributed by atoms with Gasteiger partial charge in [-0.2, -0.15) is 0 Å². The van der Waals surface area contributed by atoms with E-state index in [9.17, 15) is 25.2 Å². The first-order chi connectivity index (χ1) is 19.2. The zero-order valence-corrected chi connectivity index (χ0v) is 23.3. The second-order valence-corrected chi connectivity index (χ2v) is 11.0. The molecule has 3 aromatic rings. The van der Waals surface area contributed by atoms with Gasteiger partial charge in [-0.05, 0) is 84.4 Å². The average Bonchev–Trinajstić information content (AvgIpc) is 3.43. The maximum Gasteiger partial charge on any atom is 0.200 e. The highest BCUT2D eigenvalue weighted by molar-refractivity contribution is 5.79. The van der Waals surface area contributed by atoms with E-state index in [1.165, 1.54) is 19.8 Å². The summed E-state index contributed by atoms with van der Waals surface area (Å²) >= 11 is 0. The summed E-state index contributed by atoms with van der Waals surface area (Å²) in [6.45, 7) is 0. The topological polar surface area (TPSA) is 116 Å². The summed E-state index contributed by atoms with van der Waals surface area (Å²) in [6.07, 6.45) is 5.25. The van der Waals surface area contributed by atoms with Crippen LogP contribution in [-0.4, -0.2) is 46.5 Å². The zero-order valence-electron chi connectivity index (χ0n) is 23.3. The van der Waals surface area contributed by atoms with Crippen molar-refractivity contribution in [3.63, 3.8) is 0 Å². The summed E-state index contributed by atoms with van der Waals surface area (Å²) in [5.41, 5.74) is 2.82. The Balaban J connectivity index is 1.52. The first-order valence-electron chi connectivity index (χ1n) is 14.0. The van der Waals surface area contributed by atoms with Gasteiger partial charge in [0.05, 0.1) is 20.3 Å². The molecule has 2 unspecified atom stereocenters. The molecule has 40 heavy (non-hydrogen) atoms. The van der Waals surface area contributed by atoms with E-state index in [1.807, 2.05) is 6.07 Å². The predicted molar refractivity (Wildman–Crippen MR) is 153 cm³/mol. The normalized spacial score (nSPS) is 15.9. The third-order valence-electron chi connectivity index (χ3n) is 8.31. The lowest BCUT2D eigenvalue weighted by molar-refractivity contribution is -0.121. The lowest BCUT2D eigenvalue weighted by atomic mass is 9.70. The van der Waals surface area contributed by atoms with Crippen molar-refractivity contribution in [1.82, 2.24) is 0 Å². The number of hydrogen-bond donors (Lipinski definition) is 4. The summed E-state index contributed by atoms with van der Waals surface area (Å²) in [6, 6.07) is 18.7. The Hall–Kier alpha value is -3.71. The number of carbonyl (C=O) groups excluding carboxylic acids is 1. The molecular weight excluding hydrogens is 508 g/mol. The number of carbonyl (C=O) groups is 1. The van der Waals surface area contributed by atoms with Crippen molar-refractivity contribution in [3.05, 3.63) is 77.4 Å². The molecule has 1 aliphatic carbocycles. The molecule has 0 spiro atoms. The number of ether oxygens (including phenoxy) is 2. The zero-order chi connectivity index (χ0) is 28.7. The van der Waals surface area contributed by atoms with Gasteiger partial charge in [0, 0.05) is 12.8 Å². The van der Waals surface area contributed by atoms with Crippen molar-refractivity contribution >= 4 is 5.78 Å². The second-order valence-electron chi connectivity index (χ2n) is 11.0. The Kier molecular flexibility index (Phi) is 9.58. The van der Waals surface area contributed by atoms with Gasteiger partial charge in [0.2, 0.25) is 5.75 Å². The molecule has 3 aromatic carbocycles. The third kappa shape index (κ3) is 6.89. The van der Waals surface area contributed by atoms with Crippen LogP contribution >= 0.6 is 0 Å². The van der Waals surface area contributed by atoms with E-state index in [4.69, 9.17) is 9.47 Å². The van der Waals surface area contributed by atoms with Gasteiger partial charge in [0.15, 0.2) is 23.0 Å². The van der Waals surface area contributed by atoms with E-state index in [1.54, 1.807) is 30.3 Å². The van der Waals surface area contributed by atoms with Gasteiger partial charge in [0.25, 0.3) is 0 Å². The van der Waals surface area contributed by atoms with Gasteiger partial charge < -0.3 is 29.9 Å². The molecule has 2 atom stereocenters. The summed E-state index contributed by atoms with van der Waals surface area (Å²) in [4.78, 5) is 12.9. The molecule has 7 heteroatoms. The maximum absolute atomic E-state index is 12.9. The molecule has 1 saturated carbocycles. The van der Waals surface area contributed by atoms with Crippen molar-refractivity contribution < 1.29 is 34.7 Å². The van der Waals surface area contributed by atoms with Crippen LogP contribution < -0.4 is 9.47 Å². The van der Waals surface area contributed by atoms with Gasteiger partial charge in [-0.3, -0.25) is 4.79 Å². The van der Waals surface area contributed by atoms with E-state index >= 15 is 0 Å². The molecule has 0 saturated heterocycles. The highest BCUT2D eigenvalue weighted by Gasteiger charge is 2.38. The predicted octanol–water partition coefficient (Wildman–Crippen LogP) is 6.15. The van der Waals surface area contributed by atoms with Gasteiger partial charge in [-0.1, -0.05) is 49.2 Å². The van der Waals surface area contributed by atoms with Crippen molar-refractivity contribution in [2.45, 2.75) is 75.2 Å². The van der Waals surface area contributed by atoms with E-state index in [-0.39, 0.29) is 53.0 Å². The molecule has 214 valence electrons. The molecule has 7 nitrogen and oxygen atoms in total. The van der Waals surface area contributed by atoms with Crippen LogP contribution in [0.15, 0.2) is 60.7 Å². The fraction of sp³-hybridized carbons (Fsp3) is 0.424. The number of ketones is 1. The maximum atomic E-state index is 12.9. The van der Waals surface area contributed by atoms with Crippen LogP contribution in [0.1, 0.15) is 74.0 Å². The largest absolute Gasteiger partial charge is 0.504 e. The molecule has 0 amide bonds. The first-order valence-corrected chi connectivity index (χ1v) is 14.0. The van der Waals surface area contributed by atoms with Crippen molar-refractivity contribution in [2.24, 2.45) is 0 Å². The van der Waals surface area contributed by atoms with Gasteiger partial charge in [-0.25, -0.2) is 0 Å². The molecule has 0 aliphatic heterocycles. The number of hydrogen-bond acceptors (Lipinski definition) is 7. The van der Waals surface area contributed by atoms with Crippen LogP contribution in [0.25, 0.3) is 0 Å². The number of aliphatic hydroxyl groups excluding tert-OH is 1. The molecule has 0 bridgehead atoms. The van der Waals surface area contributed by atoms with Crippen LogP contribution in [0.5, 0.6) is 28.7 Å². The van der Waals surface area contributed by atoms with Crippen LogP contribution in [0.3, 0.4) is 0 Å². The summed E-state index contributed by atoms with van der Waals surface area (Å²) in [7, 11) is 2.92. The number of aryl methyl sites for hydroxylation is 1. The monoisotopic (exact) mass is 548 g/mol. The number of methoxy groups -OCH3 is 2. The molecule has 1 fully saturated rings. The SMILES string of the molecule is COc1cc(CCC(=O)CC(O)CC(CC2(c3ccccc3)CCCC2)c2cc(O)c(O)c(OC)c2)ccc1O. The van der Waals surface area contributed by atoms with Gasteiger partial charge >= 0.3 is 0 Å². The van der Waals surface area contributed by atoms with Gasteiger partial charge in [0.1, 0.15) is 5.78 Å². The number of benzene rings is 3. The summed E-state index contributed by atoms with van der Waals surface area (Å²) in [5.74, 6) is -0.230. The quantitative estimate of drug-likeness (QED) is 0.189. The van der Waals surface area contributed by atoms with E-state index < -0.39 is 6.10 Å². The standard InChI is InChI=1S/C33H40O7/c1-39-30-16-22(11-13-28(30)36)10-12-26(34)20-27(35)17-24(23-18-29(37)32(38)31(19-23)40-2)21-33(14-6-7-15-33)25-8-4-3-5-9-25/h3-5,8-9,11,13,16,18-19,24,27,35-38H,6-7,10,12,14-15,17,20-21H2,1-2H3. The number of rotatable bonds is 13. The van der Waals surface area contributed by atoms with E-state index in [0.29, 0.717) is 18.6 Å². The fourth-order valence-corrected chi connectivity index (χ4v) is 6.21. The molecule has 0 radical (unpaired) electrons. The number of phenols is 3. The van der Waals surface area contributed by atoms with Crippen LogP contribution in [-0.2, 0) is 16.6 Å². The van der Waals surface area contributed by atoms with E-state index in [0.717, 1.165) is 43.2 Å². The lowest BCUT2D eigenvalue weighted by Gasteiger charge is -2.35. The molecule has 4 rings (SSSR count). The first kappa shape index (κ1) is 29.3. The molecule has 0 heterocycles. The summed E-state index contributed by atoms with van der Waals surface area (Å²) in [5, 5.41) is 41.6. The minimum Gasteiger partial charge on any atom is -0.504 e. The third-order valence-corrected chi connectivity index (χ3v) is 8.31. The van der Waals surface area contributed by atoms with Gasteiger partial charge in [-0.15, -0.1) is 0 Å². The lowest BCUT2D eigenvalue weighted by Crippen LogP contribution is -2.27. The highest BCUT2D eigenvalue weighted by atomic mass is 16.5. The number of Topliss-reactive ketones (excluding diaryl/α,β-unsaturated/α-hetero) is 1. The number of aromatic hydroxyl groups is 3. The second kappa shape index (κ2) is 13.1. The molecule has 1 aliphatic rings. The fourth-order valence-electron chi connectivity index (χ4n) is 6.21. The average molecular weight is 549 g/mol. The Morgan fingerprint density at radius 2 is 1.60 bits per heavy atom. The van der Waals surface area contributed by atoms with Crippen molar-refractivity contribution in [1.29, 1.82) is 0 Å². The Morgan fingerprint density at radius 1 is 0.900 bits per heavy atom. The highest BCUT2D eigenvalue weighted by Crippen LogP contribution is 2.50. The molecule has 0 aromatic heterocycles. The Labute approximate surface area is 236 Å². The molecule has 4 N–H and O–H groups in total. The Morgan fingerprint density at radius 3 is 2.27 bits per heavy atom. The number of aliphatic hydroxyl groups is 1. The minimum absolute atomic E-state index is 0.0191. The smallest absolute Gasteiger partial charge is 0.200 e. The van der Waals surface area contributed by atoms with Crippen LogP contribution in [0, 0.1) is 0 Å². The van der Waals surface area contributed by atoms with Crippen molar-refractivity contribution in [2.75, 3.05) is 14.2 Å². The van der Waals surface area contributed by atoms with E-state index in [2.05, 4.69) is 24.3 Å². The molecular formula is C33H40O7. The Bertz CT molecular complexity index is 1280.